The molecule has 0 atom stereocenters. The molecule has 1 amide bonds. The Hall–Kier alpha value is -1.29. The van der Waals surface area contributed by atoms with E-state index >= 15 is 0 Å². The normalized spacial score (nSPS) is 12.4. The molecule has 0 saturated heterocycles. The first kappa shape index (κ1) is 17.8. The third-order valence-electron chi connectivity index (χ3n) is 2.53. The third kappa shape index (κ3) is 5.20. The van der Waals surface area contributed by atoms with E-state index in [1.165, 1.54) is 0 Å². The highest BCUT2D eigenvalue weighted by molar-refractivity contribution is 8.13. The van der Waals surface area contributed by atoms with E-state index in [0.717, 1.165) is 0 Å². The van der Waals surface area contributed by atoms with E-state index in [9.17, 15) is 26.4 Å². The molecule has 120 valence electrons. The molecule has 0 bridgehead atoms. The second-order valence-electron chi connectivity index (χ2n) is 4.15. The fourth-order valence-electron chi connectivity index (χ4n) is 1.60. The second-order valence-corrected chi connectivity index (χ2v) is 6.65. The van der Waals surface area contributed by atoms with Crippen LogP contribution in [-0.2, 0) is 15.5 Å². The van der Waals surface area contributed by atoms with E-state index < -0.39 is 38.1 Å². The van der Waals surface area contributed by atoms with Gasteiger partial charge in [-0.15, -0.1) is 0 Å². The van der Waals surface area contributed by atoms with Crippen molar-refractivity contribution in [2.75, 3.05) is 6.54 Å². The number of amides is 1. The second kappa shape index (κ2) is 6.65. The summed E-state index contributed by atoms with van der Waals surface area (Å²) in [5, 5.41) is 8.11. The van der Waals surface area contributed by atoms with Gasteiger partial charge in [-0.25, -0.2) is 8.42 Å². The quantitative estimate of drug-likeness (QED) is 0.608. The van der Waals surface area contributed by atoms with Crippen molar-refractivity contribution in [3.63, 3.8) is 0 Å². The van der Waals surface area contributed by atoms with Gasteiger partial charge >= 0.3 is 6.18 Å². The van der Waals surface area contributed by atoms with Crippen LogP contribution in [0.15, 0.2) is 4.90 Å². The highest BCUT2D eigenvalue weighted by Gasteiger charge is 2.28. The molecule has 21 heavy (non-hydrogen) atoms. The van der Waals surface area contributed by atoms with E-state index in [1.807, 2.05) is 0 Å². The molecule has 0 aliphatic carbocycles. The standard InChI is InChI=1S/C10H13ClF3N3O3S/c1-2-6-8(21(11,19)20)7(17-16-6)9(18)15-5-3-4-10(12,13)14/h2-5H2,1H3,(H,15,18)(H,16,17). The number of aryl methyl sites for hydroxylation is 1. The molecule has 0 unspecified atom stereocenters. The molecule has 0 aliphatic rings. The van der Waals surface area contributed by atoms with Gasteiger partial charge in [0, 0.05) is 23.6 Å². The molecule has 1 aromatic heterocycles. The molecule has 11 heteroatoms. The summed E-state index contributed by atoms with van der Waals surface area (Å²) >= 11 is 0. The van der Waals surface area contributed by atoms with Gasteiger partial charge in [0.05, 0.1) is 5.69 Å². The Morgan fingerprint density at radius 2 is 2.05 bits per heavy atom. The van der Waals surface area contributed by atoms with Gasteiger partial charge in [-0.2, -0.15) is 18.3 Å². The van der Waals surface area contributed by atoms with Crippen molar-refractivity contribution in [3.8, 4) is 0 Å². The average molecular weight is 348 g/mol. The van der Waals surface area contributed by atoms with Crippen LogP contribution in [0.1, 0.15) is 35.9 Å². The molecular formula is C10H13ClF3N3O3S. The molecule has 0 aliphatic heterocycles. The zero-order valence-electron chi connectivity index (χ0n) is 10.9. The van der Waals surface area contributed by atoms with E-state index in [2.05, 4.69) is 15.5 Å². The summed E-state index contributed by atoms with van der Waals surface area (Å²) < 4.78 is 58.7. The number of rotatable bonds is 6. The number of carbonyl (C=O) groups is 1. The van der Waals surface area contributed by atoms with Gasteiger partial charge in [0.2, 0.25) is 0 Å². The minimum atomic E-state index is -4.31. The lowest BCUT2D eigenvalue weighted by Crippen LogP contribution is -2.27. The maximum atomic E-state index is 11.9. The number of aromatic nitrogens is 2. The molecule has 1 aromatic rings. The first-order chi connectivity index (χ1) is 9.56. The molecule has 2 N–H and O–H groups in total. The monoisotopic (exact) mass is 347 g/mol. The van der Waals surface area contributed by atoms with Crippen molar-refractivity contribution < 1.29 is 26.4 Å². The fourth-order valence-corrected chi connectivity index (χ4v) is 2.95. The number of nitrogens with one attached hydrogen (secondary N) is 2. The number of halogens is 4. The van der Waals surface area contributed by atoms with Crippen LogP contribution in [0.2, 0.25) is 0 Å². The Bertz CT molecular complexity index is 613. The number of hydrogen-bond acceptors (Lipinski definition) is 4. The summed E-state index contributed by atoms with van der Waals surface area (Å²) in [6, 6.07) is 0. The van der Waals surface area contributed by atoms with Crippen LogP contribution in [0.3, 0.4) is 0 Å². The van der Waals surface area contributed by atoms with Gasteiger partial charge in [-0.1, -0.05) is 6.92 Å². The predicted octanol–water partition coefficient (Wildman–Crippen LogP) is 1.97. The zero-order valence-corrected chi connectivity index (χ0v) is 12.5. The molecule has 0 spiro atoms. The van der Waals surface area contributed by atoms with Gasteiger partial charge in [0.1, 0.15) is 4.90 Å². The van der Waals surface area contributed by atoms with Crippen molar-refractivity contribution in [1.82, 2.24) is 15.5 Å². The highest BCUT2D eigenvalue weighted by atomic mass is 35.7. The Kier molecular flexibility index (Phi) is 5.62. The predicted molar refractivity (Wildman–Crippen MR) is 68.6 cm³/mol. The molecule has 0 radical (unpaired) electrons. The molecule has 0 aromatic carbocycles. The van der Waals surface area contributed by atoms with Crippen LogP contribution in [0, 0.1) is 0 Å². The summed E-state index contributed by atoms with van der Waals surface area (Å²) in [4.78, 5) is 11.3. The molecule has 6 nitrogen and oxygen atoms in total. The van der Waals surface area contributed by atoms with Crippen molar-refractivity contribution in [3.05, 3.63) is 11.4 Å². The van der Waals surface area contributed by atoms with Crippen molar-refractivity contribution >= 4 is 25.6 Å². The first-order valence-electron chi connectivity index (χ1n) is 5.93. The maximum absolute atomic E-state index is 11.9. The number of alkyl halides is 3. The highest BCUT2D eigenvalue weighted by Crippen LogP contribution is 2.23. The summed E-state index contributed by atoms with van der Waals surface area (Å²) in [6.07, 6.45) is -5.43. The number of H-pyrrole nitrogens is 1. The van der Waals surface area contributed by atoms with E-state index in [-0.39, 0.29) is 25.1 Å². The smallest absolute Gasteiger partial charge is 0.351 e. The number of carbonyl (C=O) groups excluding carboxylic acids is 1. The van der Waals surface area contributed by atoms with Crippen LogP contribution in [0.5, 0.6) is 0 Å². The van der Waals surface area contributed by atoms with E-state index in [0.29, 0.717) is 0 Å². The maximum Gasteiger partial charge on any atom is 0.389 e. The van der Waals surface area contributed by atoms with Gasteiger partial charge in [-0.05, 0) is 12.8 Å². The van der Waals surface area contributed by atoms with Crippen LogP contribution >= 0.6 is 10.7 Å². The molecule has 1 rings (SSSR count). The van der Waals surface area contributed by atoms with Crippen molar-refractivity contribution in [2.24, 2.45) is 0 Å². The minimum Gasteiger partial charge on any atom is -0.351 e. The molecular weight excluding hydrogens is 335 g/mol. The Balaban J connectivity index is 2.78. The Morgan fingerprint density at radius 1 is 1.43 bits per heavy atom. The number of aromatic amines is 1. The summed E-state index contributed by atoms with van der Waals surface area (Å²) in [5.41, 5.74) is -0.292. The SMILES string of the molecule is CCc1[nH]nc(C(=O)NCCCC(F)(F)F)c1S(=O)(=O)Cl. The molecule has 1 heterocycles. The Labute approximate surface area is 123 Å². The number of nitrogens with zero attached hydrogens (tertiary/aromatic N) is 1. The van der Waals surface area contributed by atoms with Gasteiger partial charge in [0.15, 0.2) is 5.69 Å². The summed E-state index contributed by atoms with van der Waals surface area (Å²) in [6.45, 7) is 1.37. The van der Waals surface area contributed by atoms with Crippen molar-refractivity contribution in [2.45, 2.75) is 37.3 Å². The fraction of sp³-hybridized carbons (Fsp3) is 0.600. The lowest BCUT2D eigenvalue weighted by Gasteiger charge is -2.07. The Morgan fingerprint density at radius 3 is 2.52 bits per heavy atom. The van der Waals surface area contributed by atoms with Gasteiger partial charge in [0.25, 0.3) is 15.0 Å². The molecule has 0 fully saturated rings. The van der Waals surface area contributed by atoms with Crippen molar-refractivity contribution in [1.29, 1.82) is 0 Å². The van der Waals surface area contributed by atoms with Gasteiger partial charge < -0.3 is 5.32 Å². The number of hydrogen-bond donors (Lipinski definition) is 2. The average Bonchev–Trinajstić information content (AvgIpc) is 2.76. The van der Waals surface area contributed by atoms with Crippen LogP contribution in [0.25, 0.3) is 0 Å². The molecule has 0 saturated carbocycles. The lowest BCUT2D eigenvalue weighted by molar-refractivity contribution is -0.135. The zero-order chi connectivity index (χ0) is 16.3. The first-order valence-corrected chi connectivity index (χ1v) is 8.24. The summed E-state index contributed by atoms with van der Waals surface area (Å²) in [5.74, 6) is -0.896. The van der Waals surface area contributed by atoms with Gasteiger partial charge in [-0.3, -0.25) is 9.89 Å². The van der Waals surface area contributed by atoms with Crippen LogP contribution in [0.4, 0.5) is 13.2 Å². The largest absolute Gasteiger partial charge is 0.389 e. The lowest BCUT2D eigenvalue weighted by atomic mass is 10.2. The van der Waals surface area contributed by atoms with E-state index in [1.54, 1.807) is 6.92 Å². The van der Waals surface area contributed by atoms with Crippen LogP contribution in [-0.4, -0.2) is 37.2 Å². The summed E-state index contributed by atoms with van der Waals surface area (Å²) in [7, 11) is 1.04. The topological polar surface area (TPSA) is 91.9 Å². The van der Waals surface area contributed by atoms with E-state index in [4.69, 9.17) is 10.7 Å². The van der Waals surface area contributed by atoms with Crippen LogP contribution < -0.4 is 5.32 Å². The third-order valence-corrected chi connectivity index (χ3v) is 3.92. The minimum absolute atomic E-state index is 0.158.